The lowest BCUT2D eigenvalue weighted by atomic mass is 9.84. The lowest BCUT2D eigenvalue weighted by Crippen LogP contribution is -2.59. The first-order valence-electron chi connectivity index (χ1n) is 17.5. The minimum atomic E-state index is -4.07. The number of carbonyl (C=O) groups excluding carboxylic acids is 2. The first-order valence-corrected chi connectivity index (χ1v) is 20.7. The molecule has 15 heteroatoms. The van der Waals surface area contributed by atoms with Crippen molar-refractivity contribution in [3.63, 3.8) is 0 Å². The van der Waals surface area contributed by atoms with Crippen LogP contribution in [0.3, 0.4) is 0 Å². The van der Waals surface area contributed by atoms with Crippen LogP contribution >= 0.6 is 22.7 Å². The molecule has 3 N–H and O–H groups in total. The van der Waals surface area contributed by atoms with Crippen molar-refractivity contribution in [3.05, 3.63) is 94.3 Å². The number of benzene rings is 2. The van der Waals surface area contributed by atoms with Gasteiger partial charge in [-0.2, -0.15) is 4.31 Å². The average Bonchev–Trinajstić information content (AvgIpc) is 3.88. The number of urea groups is 1. The summed E-state index contributed by atoms with van der Waals surface area (Å²) >= 11 is 3.14. The standard InChI is InChI=1S/C38H48N6O6S3/c1-26(2)22-43(53(49,50)30-15-13-28(14-16-30)21-39-48)24-32(45)31(20-27-10-7-6-8-11-27)41-35(46)34(38(3,4)5)44-18-17-42(37(44)47)23-29-25-52-36(40-29)33-12-9-19-51-33/h6-16,19,21,25-26,31-32,34,45,48H,17-18,20,22-24H2,1-5H3,(H,41,46)/b39-21+/t31-,32+,34?/m0/s1. The zero-order chi connectivity index (χ0) is 38.3. The minimum Gasteiger partial charge on any atom is -0.411 e. The highest BCUT2D eigenvalue weighted by Gasteiger charge is 2.44. The highest BCUT2D eigenvalue weighted by molar-refractivity contribution is 7.89. The van der Waals surface area contributed by atoms with Gasteiger partial charge in [-0.3, -0.25) is 4.79 Å². The minimum absolute atomic E-state index is 0.0226. The molecule has 284 valence electrons. The van der Waals surface area contributed by atoms with Crippen molar-refractivity contribution in [2.75, 3.05) is 26.2 Å². The Balaban J connectivity index is 1.36. The van der Waals surface area contributed by atoms with Crippen LogP contribution in [-0.4, -0.2) is 100 Å². The Labute approximate surface area is 319 Å². The van der Waals surface area contributed by atoms with Crippen molar-refractivity contribution in [2.24, 2.45) is 16.5 Å². The van der Waals surface area contributed by atoms with Crippen LogP contribution in [0.5, 0.6) is 0 Å². The van der Waals surface area contributed by atoms with Gasteiger partial charge in [0, 0.05) is 31.6 Å². The number of hydrogen-bond acceptors (Lipinski definition) is 10. The van der Waals surface area contributed by atoms with Gasteiger partial charge in [0.1, 0.15) is 11.0 Å². The summed E-state index contributed by atoms with van der Waals surface area (Å²) in [7, 11) is -4.07. The number of sulfonamides is 1. The van der Waals surface area contributed by atoms with Gasteiger partial charge in [-0.05, 0) is 52.5 Å². The van der Waals surface area contributed by atoms with E-state index in [0.29, 0.717) is 25.2 Å². The SMILES string of the molecule is CC(C)CN(C[C@@H](O)[C@H](Cc1ccccc1)NC(=O)C(N1CCN(Cc2csc(-c3cccs3)n2)C1=O)C(C)(C)C)S(=O)(=O)c1ccc(/C=N/O)cc1. The largest absolute Gasteiger partial charge is 0.411 e. The Kier molecular flexibility index (Phi) is 13.1. The monoisotopic (exact) mass is 780 g/mol. The van der Waals surface area contributed by atoms with Gasteiger partial charge in [-0.15, -0.1) is 22.7 Å². The lowest BCUT2D eigenvalue weighted by Gasteiger charge is -2.38. The first-order chi connectivity index (χ1) is 25.2. The molecule has 1 aliphatic rings. The summed E-state index contributed by atoms with van der Waals surface area (Å²) in [6.07, 6.45) is 0.123. The fourth-order valence-electron chi connectivity index (χ4n) is 6.45. The van der Waals surface area contributed by atoms with E-state index in [9.17, 15) is 23.1 Å². The summed E-state index contributed by atoms with van der Waals surface area (Å²) in [5.74, 6) is -0.499. The molecule has 12 nitrogen and oxygen atoms in total. The summed E-state index contributed by atoms with van der Waals surface area (Å²) in [6.45, 7) is 10.4. The first kappa shape index (κ1) is 40.0. The van der Waals surface area contributed by atoms with Gasteiger partial charge in [0.25, 0.3) is 0 Å². The fourth-order valence-corrected chi connectivity index (χ4v) is 9.69. The Morgan fingerprint density at radius 1 is 1.04 bits per heavy atom. The normalized spacial score (nSPS) is 15.8. The van der Waals surface area contributed by atoms with E-state index in [1.807, 2.05) is 87.8 Å². The molecule has 53 heavy (non-hydrogen) atoms. The van der Waals surface area contributed by atoms with Crippen LogP contribution in [-0.2, 0) is 27.8 Å². The van der Waals surface area contributed by atoms with E-state index in [4.69, 9.17) is 10.2 Å². The number of nitrogens with zero attached hydrogens (tertiary/aromatic N) is 5. The summed E-state index contributed by atoms with van der Waals surface area (Å²) in [5.41, 5.74) is 1.47. The van der Waals surface area contributed by atoms with Crippen LogP contribution in [0.4, 0.5) is 4.79 Å². The summed E-state index contributed by atoms with van der Waals surface area (Å²) in [5, 5.41) is 31.6. The third-order valence-electron chi connectivity index (χ3n) is 8.92. The molecule has 2 aromatic carbocycles. The molecular weight excluding hydrogens is 733 g/mol. The predicted octanol–water partition coefficient (Wildman–Crippen LogP) is 5.77. The molecule has 1 saturated heterocycles. The van der Waals surface area contributed by atoms with Gasteiger partial charge < -0.3 is 25.4 Å². The van der Waals surface area contributed by atoms with E-state index < -0.39 is 39.5 Å². The maximum atomic E-state index is 14.4. The number of amides is 3. The van der Waals surface area contributed by atoms with Gasteiger partial charge in [0.05, 0.1) is 40.4 Å². The van der Waals surface area contributed by atoms with Gasteiger partial charge in [0.2, 0.25) is 15.9 Å². The maximum absolute atomic E-state index is 14.4. The van der Waals surface area contributed by atoms with Crippen LogP contribution in [0.2, 0.25) is 0 Å². The number of carbonyl (C=O) groups is 2. The average molecular weight is 781 g/mol. The second-order valence-electron chi connectivity index (χ2n) is 14.7. The molecule has 1 unspecified atom stereocenters. The Bertz CT molecular complexity index is 1940. The zero-order valence-electron chi connectivity index (χ0n) is 30.6. The number of thiazole rings is 1. The van der Waals surface area contributed by atoms with Crippen molar-refractivity contribution in [1.82, 2.24) is 24.4 Å². The van der Waals surface area contributed by atoms with Crippen molar-refractivity contribution in [1.29, 1.82) is 0 Å². The molecule has 4 aromatic rings. The summed E-state index contributed by atoms with van der Waals surface area (Å²) in [4.78, 5) is 37.4. The van der Waals surface area contributed by atoms with E-state index in [1.54, 1.807) is 21.1 Å². The van der Waals surface area contributed by atoms with E-state index in [1.165, 1.54) is 46.1 Å². The number of aliphatic hydroxyl groups is 1. The number of oxime groups is 1. The Hall–Kier alpha value is -4.15. The van der Waals surface area contributed by atoms with E-state index in [-0.39, 0.29) is 36.4 Å². The lowest BCUT2D eigenvalue weighted by molar-refractivity contribution is -0.130. The quantitative estimate of drug-likeness (QED) is 0.0741. The molecule has 1 aliphatic heterocycles. The topological polar surface area (TPSA) is 156 Å². The third-order valence-corrected chi connectivity index (χ3v) is 12.7. The molecule has 1 fully saturated rings. The van der Waals surface area contributed by atoms with Gasteiger partial charge in [0.15, 0.2) is 0 Å². The second kappa shape index (κ2) is 17.3. The van der Waals surface area contributed by atoms with Crippen LogP contribution in [0.15, 0.2) is 87.5 Å². The molecule has 0 saturated carbocycles. The fraction of sp³-hybridized carbons (Fsp3) is 0.421. The van der Waals surface area contributed by atoms with Gasteiger partial charge >= 0.3 is 6.03 Å². The van der Waals surface area contributed by atoms with Gasteiger partial charge in [-0.1, -0.05) is 88.3 Å². The van der Waals surface area contributed by atoms with Crippen molar-refractivity contribution in [2.45, 2.75) is 70.7 Å². The molecule has 5 rings (SSSR count). The smallest absolute Gasteiger partial charge is 0.321 e. The molecular formula is C38H48N6O6S3. The number of aliphatic hydroxyl groups excluding tert-OH is 1. The molecule has 3 atom stereocenters. The Morgan fingerprint density at radius 2 is 1.75 bits per heavy atom. The molecule has 0 aliphatic carbocycles. The molecule has 0 bridgehead atoms. The second-order valence-corrected chi connectivity index (χ2v) is 18.4. The molecule has 3 heterocycles. The molecule has 0 radical (unpaired) electrons. The molecule has 0 spiro atoms. The third kappa shape index (κ3) is 10.1. The summed E-state index contributed by atoms with van der Waals surface area (Å²) < 4.78 is 29.1. The van der Waals surface area contributed by atoms with E-state index in [2.05, 4.69) is 10.5 Å². The predicted molar refractivity (Wildman–Crippen MR) is 209 cm³/mol. The molecule has 2 aromatic heterocycles. The number of aromatic nitrogens is 1. The van der Waals surface area contributed by atoms with E-state index >= 15 is 0 Å². The zero-order valence-corrected chi connectivity index (χ0v) is 33.1. The van der Waals surface area contributed by atoms with Crippen LogP contribution in [0.25, 0.3) is 9.88 Å². The van der Waals surface area contributed by atoms with Crippen molar-refractivity contribution < 1.29 is 28.3 Å². The number of nitrogens with one attached hydrogen (secondary N) is 1. The van der Waals surface area contributed by atoms with Crippen molar-refractivity contribution >= 4 is 50.8 Å². The van der Waals surface area contributed by atoms with Crippen LogP contribution in [0.1, 0.15) is 51.4 Å². The molecule has 3 amide bonds. The number of thiophene rings is 1. The number of rotatable bonds is 16. The van der Waals surface area contributed by atoms with Gasteiger partial charge in [-0.25, -0.2) is 18.2 Å². The Morgan fingerprint density at radius 3 is 2.38 bits per heavy atom. The maximum Gasteiger partial charge on any atom is 0.321 e. The highest BCUT2D eigenvalue weighted by Crippen LogP contribution is 2.31. The van der Waals surface area contributed by atoms with E-state index in [0.717, 1.165) is 21.1 Å². The highest BCUT2D eigenvalue weighted by atomic mass is 32.2. The van der Waals surface area contributed by atoms with Crippen LogP contribution in [0, 0.1) is 11.3 Å². The summed E-state index contributed by atoms with van der Waals surface area (Å²) in [6, 6.07) is 17.2. The number of hydrogen-bond donors (Lipinski definition) is 3. The van der Waals surface area contributed by atoms with Crippen LogP contribution < -0.4 is 5.32 Å². The van der Waals surface area contributed by atoms with Crippen molar-refractivity contribution in [3.8, 4) is 9.88 Å².